The van der Waals surface area contributed by atoms with Gasteiger partial charge in [0.05, 0.1) is 15.9 Å². The van der Waals surface area contributed by atoms with Crippen molar-refractivity contribution in [3.63, 3.8) is 0 Å². The third-order valence-electron chi connectivity index (χ3n) is 4.91. The number of nitrogens with zero attached hydrogens (tertiary/aromatic N) is 3. The number of nitrogens with one attached hydrogen (secondary N) is 1. The fraction of sp³-hybridized carbons (Fsp3) is 0.611. The van der Waals surface area contributed by atoms with Gasteiger partial charge in [0.2, 0.25) is 0 Å². The van der Waals surface area contributed by atoms with Gasteiger partial charge in [0.1, 0.15) is 5.69 Å². The quantitative estimate of drug-likeness (QED) is 0.554. The first kappa shape index (κ1) is 19.8. The van der Waals surface area contributed by atoms with E-state index in [2.05, 4.69) is 17.5 Å². The molecule has 1 aromatic rings. The molecular weight excluding hydrogens is 336 g/mol. The highest BCUT2D eigenvalue weighted by Gasteiger charge is 2.20. The summed E-state index contributed by atoms with van der Waals surface area (Å²) in [5.41, 5.74) is 3.38. The van der Waals surface area contributed by atoms with Crippen molar-refractivity contribution >= 4 is 22.8 Å². The van der Waals surface area contributed by atoms with Crippen LogP contribution in [0.15, 0.2) is 23.3 Å². The molecule has 0 aliphatic heterocycles. The largest absolute Gasteiger partial charge is 0.301 e. The van der Waals surface area contributed by atoms with Gasteiger partial charge in [0.25, 0.3) is 5.69 Å². The minimum Gasteiger partial charge on any atom is -0.272 e. The number of hydrogen-bond acceptors (Lipinski definition) is 6. The van der Waals surface area contributed by atoms with Crippen molar-refractivity contribution < 1.29 is 9.85 Å². The van der Waals surface area contributed by atoms with Crippen LogP contribution in [-0.4, -0.2) is 15.6 Å². The molecule has 1 atom stereocenters. The minimum atomic E-state index is -0.642. The fourth-order valence-corrected chi connectivity index (χ4v) is 3.37. The summed E-state index contributed by atoms with van der Waals surface area (Å²) in [6.07, 6.45) is 10.1. The number of non-ortho nitro benzene ring substituents is 1. The van der Waals surface area contributed by atoms with Crippen molar-refractivity contribution in [2.75, 3.05) is 5.43 Å². The summed E-state index contributed by atoms with van der Waals surface area (Å²) < 4.78 is 0. The molecule has 0 spiro atoms. The third kappa shape index (κ3) is 5.50. The van der Waals surface area contributed by atoms with Gasteiger partial charge in [-0.1, -0.05) is 39.0 Å². The zero-order chi connectivity index (χ0) is 18.9. The van der Waals surface area contributed by atoms with E-state index in [4.69, 9.17) is 0 Å². The maximum Gasteiger partial charge on any atom is 0.301 e. The summed E-state index contributed by atoms with van der Waals surface area (Å²) in [4.78, 5) is 20.8. The van der Waals surface area contributed by atoms with Crippen molar-refractivity contribution in [2.45, 2.75) is 64.7 Å². The highest BCUT2D eigenvalue weighted by atomic mass is 16.6. The molecule has 0 heterocycles. The highest BCUT2D eigenvalue weighted by Crippen LogP contribution is 2.29. The van der Waals surface area contributed by atoms with E-state index in [9.17, 15) is 20.2 Å². The Morgan fingerprint density at radius 3 is 2.42 bits per heavy atom. The van der Waals surface area contributed by atoms with E-state index >= 15 is 0 Å². The SMILES string of the molecule is CC[C@@H]1CCCCCCCC/C1=N\Nc1ccc([N+](=O)[O-])cc1[N+](=O)[O-]. The molecule has 8 heteroatoms. The predicted octanol–water partition coefficient (Wildman–Crippen LogP) is 5.43. The van der Waals surface area contributed by atoms with Gasteiger partial charge in [-0.05, 0) is 37.7 Å². The van der Waals surface area contributed by atoms with Crippen molar-refractivity contribution in [2.24, 2.45) is 11.0 Å². The Labute approximate surface area is 153 Å². The Morgan fingerprint density at radius 2 is 1.77 bits per heavy atom. The topological polar surface area (TPSA) is 111 Å². The molecule has 2 rings (SSSR count). The second kappa shape index (κ2) is 9.84. The number of hydrogen-bond donors (Lipinski definition) is 1. The minimum absolute atomic E-state index is 0.181. The maximum absolute atomic E-state index is 11.2. The number of nitro groups is 2. The van der Waals surface area contributed by atoms with E-state index in [0.29, 0.717) is 5.92 Å². The predicted molar refractivity (Wildman–Crippen MR) is 102 cm³/mol. The van der Waals surface area contributed by atoms with E-state index in [-0.39, 0.29) is 17.1 Å². The molecule has 1 aliphatic rings. The lowest BCUT2D eigenvalue weighted by Crippen LogP contribution is -2.17. The molecule has 142 valence electrons. The van der Waals surface area contributed by atoms with E-state index in [0.717, 1.165) is 37.5 Å². The van der Waals surface area contributed by atoms with Crippen LogP contribution in [0.1, 0.15) is 64.7 Å². The standard InChI is InChI=1S/C18H26N4O4/c1-2-14-9-7-5-3-4-6-8-10-16(14)19-20-17-12-11-15(21(23)24)13-18(17)22(25)26/h11-14,20H,2-10H2,1H3/b19-16+/t14-/m1/s1. The van der Waals surface area contributed by atoms with Crippen molar-refractivity contribution in [3.8, 4) is 0 Å². The Hall–Kier alpha value is -2.51. The van der Waals surface area contributed by atoms with Crippen LogP contribution < -0.4 is 5.43 Å². The molecule has 0 radical (unpaired) electrons. The van der Waals surface area contributed by atoms with Gasteiger partial charge in [-0.15, -0.1) is 0 Å². The molecule has 0 unspecified atom stereocenters. The lowest BCUT2D eigenvalue weighted by molar-refractivity contribution is -0.393. The molecule has 1 N–H and O–H groups in total. The Balaban J connectivity index is 2.23. The molecule has 8 nitrogen and oxygen atoms in total. The normalized spacial score (nSPS) is 20.5. The summed E-state index contributed by atoms with van der Waals surface area (Å²) in [6, 6.07) is 3.56. The monoisotopic (exact) mass is 362 g/mol. The average Bonchev–Trinajstić information content (AvgIpc) is 2.63. The van der Waals surface area contributed by atoms with Crippen LogP contribution >= 0.6 is 0 Å². The molecule has 0 aromatic heterocycles. The second-order valence-electron chi connectivity index (χ2n) is 6.70. The van der Waals surface area contributed by atoms with Crippen LogP contribution in [0.3, 0.4) is 0 Å². The number of benzene rings is 1. The van der Waals surface area contributed by atoms with E-state index < -0.39 is 9.85 Å². The summed E-state index contributed by atoms with van der Waals surface area (Å²) in [5.74, 6) is 0.373. The maximum atomic E-state index is 11.2. The molecule has 0 saturated heterocycles. The first-order valence-electron chi connectivity index (χ1n) is 9.28. The Morgan fingerprint density at radius 1 is 1.08 bits per heavy atom. The Bertz CT molecular complexity index is 675. The lowest BCUT2D eigenvalue weighted by Gasteiger charge is -2.19. The molecule has 0 amide bonds. The summed E-state index contributed by atoms with van der Waals surface area (Å²) in [6.45, 7) is 2.14. The van der Waals surface area contributed by atoms with Crippen molar-refractivity contribution in [1.29, 1.82) is 0 Å². The van der Waals surface area contributed by atoms with E-state index in [1.165, 1.54) is 44.2 Å². The highest BCUT2D eigenvalue weighted by molar-refractivity contribution is 5.87. The first-order valence-corrected chi connectivity index (χ1v) is 9.28. The van der Waals surface area contributed by atoms with Crippen LogP contribution in [0, 0.1) is 26.1 Å². The van der Waals surface area contributed by atoms with Gasteiger partial charge in [-0.2, -0.15) is 5.10 Å². The average molecular weight is 362 g/mol. The molecule has 1 aromatic carbocycles. The van der Waals surface area contributed by atoms with E-state index in [1.54, 1.807) is 0 Å². The summed E-state index contributed by atoms with van der Waals surface area (Å²) in [5, 5.41) is 26.6. The smallest absolute Gasteiger partial charge is 0.272 e. The zero-order valence-electron chi connectivity index (χ0n) is 15.1. The molecule has 26 heavy (non-hydrogen) atoms. The first-order chi connectivity index (χ1) is 12.5. The van der Waals surface area contributed by atoms with Crippen molar-refractivity contribution in [1.82, 2.24) is 0 Å². The van der Waals surface area contributed by atoms with Crippen molar-refractivity contribution in [3.05, 3.63) is 38.4 Å². The zero-order valence-corrected chi connectivity index (χ0v) is 15.1. The van der Waals surface area contributed by atoms with Gasteiger partial charge in [0.15, 0.2) is 0 Å². The number of anilines is 1. The number of rotatable bonds is 5. The number of nitro benzene ring substituents is 2. The molecule has 1 aliphatic carbocycles. The third-order valence-corrected chi connectivity index (χ3v) is 4.91. The second-order valence-corrected chi connectivity index (χ2v) is 6.70. The lowest BCUT2D eigenvalue weighted by atomic mass is 9.89. The van der Waals surface area contributed by atoms with Gasteiger partial charge in [0, 0.05) is 11.8 Å². The van der Waals surface area contributed by atoms with Crippen LogP contribution in [0.25, 0.3) is 0 Å². The molecule has 0 bridgehead atoms. The van der Waals surface area contributed by atoms with Crippen LogP contribution in [-0.2, 0) is 0 Å². The summed E-state index contributed by atoms with van der Waals surface area (Å²) >= 11 is 0. The van der Waals surface area contributed by atoms with Gasteiger partial charge < -0.3 is 0 Å². The fourth-order valence-electron chi connectivity index (χ4n) is 3.37. The van der Waals surface area contributed by atoms with Gasteiger partial charge >= 0.3 is 5.69 Å². The Kier molecular flexibility index (Phi) is 7.50. The molecular formula is C18H26N4O4. The summed E-state index contributed by atoms with van der Waals surface area (Å²) in [7, 11) is 0. The van der Waals surface area contributed by atoms with Gasteiger partial charge in [-0.25, -0.2) is 0 Å². The van der Waals surface area contributed by atoms with Gasteiger partial charge in [-0.3, -0.25) is 25.7 Å². The number of hydrazone groups is 1. The van der Waals surface area contributed by atoms with Crippen LogP contribution in [0.5, 0.6) is 0 Å². The molecule has 1 fully saturated rings. The molecule has 1 saturated carbocycles. The van der Waals surface area contributed by atoms with E-state index in [1.807, 2.05) is 0 Å². The van der Waals surface area contributed by atoms with Crippen LogP contribution in [0.2, 0.25) is 0 Å². The van der Waals surface area contributed by atoms with Crippen LogP contribution in [0.4, 0.5) is 17.1 Å².